The van der Waals surface area contributed by atoms with Crippen LogP contribution in [0.5, 0.6) is 5.88 Å². The van der Waals surface area contributed by atoms with Crippen molar-refractivity contribution in [3.63, 3.8) is 0 Å². The van der Waals surface area contributed by atoms with E-state index in [2.05, 4.69) is 10.3 Å². The highest BCUT2D eigenvalue weighted by Crippen LogP contribution is 2.44. The van der Waals surface area contributed by atoms with Crippen LogP contribution < -0.4 is 10.1 Å². The van der Waals surface area contributed by atoms with Crippen molar-refractivity contribution in [3.05, 3.63) is 23.4 Å². The summed E-state index contributed by atoms with van der Waals surface area (Å²) in [6.45, 7) is 10.1. The second-order valence-electron chi connectivity index (χ2n) is 9.81. The quantitative estimate of drug-likeness (QED) is 0.625. The first-order valence-corrected chi connectivity index (χ1v) is 10.8. The van der Waals surface area contributed by atoms with Crippen LogP contribution in [0, 0.1) is 11.8 Å². The number of rotatable bonds is 9. The molecular formula is C23H34N2O4. The van der Waals surface area contributed by atoms with Gasteiger partial charge in [-0.05, 0) is 76.7 Å². The average Bonchev–Trinajstić information content (AvgIpc) is 3.51. The normalized spacial score (nSPS) is 17.7. The highest BCUT2D eigenvalue weighted by atomic mass is 16.6. The van der Waals surface area contributed by atoms with Crippen LogP contribution in [-0.4, -0.2) is 35.1 Å². The fourth-order valence-electron chi connectivity index (χ4n) is 3.17. The monoisotopic (exact) mass is 402 g/mol. The maximum atomic E-state index is 12.9. The number of hydrogen-bond donors (Lipinski definition) is 1. The summed E-state index contributed by atoms with van der Waals surface area (Å²) in [5.41, 5.74) is 0.760. The van der Waals surface area contributed by atoms with Crippen molar-refractivity contribution in [2.45, 2.75) is 84.3 Å². The van der Waals surface area contributed by atoms with Crippen molar-refractivity contribution < 1.29 is 19.1 Å². The molecule has 0 radical (unpaired) electrons. The van der Waals surface area contributed by atoms with Gasteiger partial charge in [0.1, 0.15) is 17.3 Å². The fourth-order valence-corrected chi connectivity index (χ4v) is 3.17. The summed E-state index contributed by atoms with van der Waals surface area (Å²) in [4.78, 5) is 30.0. The zero-order valence-corrected chi connectivity index (χ0v) is 18.3. The zero-order chi connectivity index (χ0) is 21.2. The molecule has 1 aromatic rings. The van der Waals surface area contributed by atoms with Crippen LogP contribution >= 0.6 is 0 Å². The predicted octanol–water partition coefficient (Wildman–Crippen LogP) is 4.23. The Bertz CT molecular complexity index is 746. The smallest absolute Gasteiger partial charge is 0.329 e. The first kappa shape index (κ1) is 21.6. The minimum Gasteiger partial charge on any atom is -0.477 e. The van der Waals surface area contributed by atoms with Gasteiger partial charge in [0.25, 0.3) is 5.91 Å². The molecule has 1 N–H and O–H groups in total. The van der Waals surface area contributed by atoms with Crippen molar-refractivity contribution in [2.75, 3.05) is 6.61 Å². The maximum absolute atomic E-state index is 12.9. The highest BCUT2D eigenvalue weighted by Gasteiger charge is 2.31. The molecular weight excluding hydrogens is 368 g/mol. The lowest BCUT2D eigenvalue weighted by molar-refractivity contribution is -0.157. The number of ether oxygens (including phenoxy) is 2. The van der Waals surface area contributed by atoms with Gasteiger partial charge in [0.15, 0.2) is 0 Å². The first-order chi connectivity index (χ1) is 13.6. The van der Waals surface area contributed by atoms with Gasteiger partial charge in [0.05, 0.1) is 6.61 Å². The van der Waals surface area contributed by atoms with Crippen LogP contribution in [0.1, 0.15) is 88.7 Å². The molecule has 3 rings (SSSR count). The molecule has 0 aromatic carbocycles. The van der Waals surface area contributed by atoms with Crippen LogP contribution in [0.3, 0.4) is 0 Å². The molecule has 1 amide bonds. The molecule has 2 fully saturated rings. The molecule has 2 saturated carbocycles. The number of aromatic nitrogens is 1. The summed E-state index contributed by atoms with van der Waals surface area (Å²) in [6, 6.07) is 2.98. The van der Waals surface area contributed by atoms with Crippen molar-refractivity contribution in [1.82, 2.24) is 10.3 Å². The topological polar surface area (TPSA) is 77.5 Å². The summed E-state index contributed by atoms with van der Waals surface area (Å²) in [7, 11) is 0. The third-order valence-corrected chi connectivity index (χ3v) is 5.00. The second-order valence-corrected chi connectivity index (χ2v) is 9.81. The van der Waals surface area contributed by atoms with Gasteiger partial charge in [-0.3, -0.25) is 4.79 Å². The molecule has 1 aromatic heterocycles. The molecule has 0 bridgehead atoms. The number of carbonyl (C=O) groups excluding carboxylic acids is 2. The third kappa shape index (κ3) is 6.72. The maximum Gasteiger partial charge on any atom is 0.329 e. The number of nitrogens with zero attached hydrogens (tertiary/aromatic N) is 1. The van der Waals surface area contributed by atoms with Gasteiger partial charge in [-0.25, -0.2) is 9.78 Å². The fraction of sp³-hybridized carbons (Fsp3) is 0.696. The van der Waals surface area contributed by atoms with Crippen molar-refractivity contribution in [3.8, 4) is 5.88 Å². The molecule has 6 heteroatoms. The van der Waals surface area contributed by atoms with E-state index >= 15 is 0 Å². The van der Waals surface area contributed by atoms with E-state index in [4.69, 9.17) is 9.47 Å². The van der Waals surface area contributed by atoms with Gasteiger partial charge in [-0.2, -0.15) is 0 Å². The molecule has 2 aliphatic carbocycles. The Balaban J connectivity index is 1.72. The molecule has 0 saturated heterocycles. The van der Waals surface area contributed by atoms with Crippen LogP contribution in [0.2, 0.25) is 0 Å². The average molecular weight is 403 g/mol. The number of hydrogen-bond acceptors (Lipinski definition) is 5. The highest BCUT2D eigenvalue weighted by molar-refractivity contribution is 5.95. The Hall–Kier alpha value is -2.11. The van der Waals surface area contributed by atoms with Crippen molar-refractivity contribution >= 4 is 11.9 Å². The summed E-state index contributed by atoms with van der Waals surface area (Å²) in [5.74, 6) is 1.12. The lowest BCUT2D eigenvalue weighted by Crippen LogP contribution is -2.45. The van der Waals surface area contributed by atoms with E-state index in [1.165, 1.54) is 12.8 Å². The largest absolute Gasteiger partial charge is 0.477 e. The molecule has 0 aliphatic heterocycles. The molecule has 1 heterocycles. The molecule has 2 aliphatic rings. The van der Waals surface area contributed by atoms with Gasteiger partial charge in [-0.15, -0.1) is 0 Å². The molecule has 160 valence electrons. The third-order valence-electron chi connectivity index (χ3n) is 5.00. The van der Waals surface area contributed by atoms with Crippen molar-refractivity contribution in [1.29, 1.82) is 0 Å². The van der Waals surface area contributed by atoms with E-state index < -0.39 is 17.6 Å². The Morgan fingerprint density at radius 2 is 1.86 bits per heavy atom. The number of pyridine rings is 1. The number of esters is 1. The first-order valence-electron chi connectivity index (χ1n) is 10.8. The van der Waals surface area contributed by atoms with Crippen molar-refractivity contribution in [2.24, 2.45) is 11.8 Å². The number of amides is 1. The second kappa shape index (κ2) is 8.72. The summed E-state index contributed by atoms with van der Waals surface area (Å²) in [5, 5.41) is 2.82. The van der Waals surface area contributed by atoms with Crippen LogP contribution in [0.25, 0.3) is 0 Å². The lowest BCUT2D eigenvalue weighted by atomic mass is 10.0. The van der Waals surface area contributed by atoms with Gasteiger partial charge in [0.2, 0.25) is 5.88 Å². The molecule has 0 spiro atoms. The van der Waals surface area contributed by atoms with Crippen LogP contribution in [0.15, 0.2) is 12.1 Å². The number of nitrogens with one attached hydrogen (secondary N) is 1. The number of carbonyl (C=O) groups is 2. The minimum absolute atomic E-state index is 0.232. The van der Waals surface area contributed by atoms with Gasteiger partial charge in [0, 0.05) is 5.56 Å². The SMILES string of the molecule is CC(C)CC(NC(=O)c1ccc(C2CC2)c(OCC2CC2)n1)C(=O)OC(C)(C)C. The van der Waals surface area contributed by atoms with Crippen LogP contribution in [0.4, 0.5) is 0 Å². The summed E-state index contributed by atoms with van der Waals surface area (Å²) in [6.07, 6.45) is 5.19. The van der Waals surface area contributed by atoms with Crippen LogP contribution in [-0.2, 0) is 9.53 Å². The van der Waals surface area contributed by atoms with E-state index in [-0.39, 0.29) is 17.5 Å². The van der Waals surface area contributed by atoms with E-state index in [0.29, 0.717) is 30.7 Å². The Labute approximate surface area is 173 Å². The zero-order valence-electron chi connectivity index (χ0n) is 18.3. The molecule has 29 heavy (non-hydrogen) atoms. The van der Waals surface area contributed by atoms with E-state index in [1.807, 2.05) is 40.7 Å². The predicted molar refractivity (Wildman–Crippen MR) is 111 cm³/mol. The van der Waals surface area contributed by atoms with E-state index in [1.54, 1.807) is 6.07 Å². The van der Waals surface area contributed by atoms with E-state index in [9.17, 15) is 9.59 Å². The summed E-state index contributed by atoms with van der Waals surface area (Å²) < 4.78 is 11.4. The molecule has 1 atom stereocenters. The van der Waals surface area contributed by atoms with E-state index in [0.717, 1.165) is 18.4 Å². The Morgan fingerprint density at radius 3 is 2.41 bits per heavy atom. The minimum atomic E-state index is -0.706. The standard InChI is InChI=1S/C23H34N2O4/c1-14(2)12-19(22(27)29-23(3,4)5)24-20(26)18-11-10-17(16-8-9-16)21(25-18)28-13-15-6-7-15/h10-11,14-16,19H,6-9,12-13H2,1-5H3,(H,24,26). The molecule has 1 unspecified atom stereocenters. The van der Waals surface area contributed by atoms with Gasteiger partial charge in [-0.1, -0.05) is 19.9 Å². The van der Waals surface area contributed by atoms with Gasteiger partial charge >= 0.3 is 5.97 Å². The molecule has 6 nitrogen and oxygen atoms in total. The lowest BCUT2D eigenvalue weighted by Gasteiger charge is -2.25. The Kier molecular flexibility index (Phi) is 6.49. The summed E-state index contributed by atoms with van der Waals surface area (Å²) >= 11 is 0. The Morgan fingerprint density at radius 1 is 1.17 bits per heavy atom. The van der Waals surface area contributed by atoms with Gasteiger partial charge < -0.3 is 14.8 Å².